The molecule has 0 N–H and O–H groups in total. The predicted molar refractivity (Wildman–Crippen MR) is 297 cm³/mol. The van der Waals surface area contributed by atoms with E-state index in [0.717, 1.165) is 64.2 Å². The third-order valence-corrected chi connectivity index (χ3v) is 12.4. The van der Waals surface area contributed by atoms with Crippen molar-refractivity contribution < 1.29 is 28.6 Å². The average Bonchev–Trinajstić information content (AvgIpc) is 3.35. The zero-order valence-corrected chi connectivity index (χ0v) is 45.3. The predicted octanol–water partition coefficient (Wildman–Crippen LogP) is 19.5. The number of esters is 3. The van der Waals surface area contributed by atoms with Crippen LogP contribution in [0.4, 0.5) is 0 Å². The van der Waals surface area contributed by atoms with Crippen LogP contribution >= 0.6 is 0 Å². The smallest absolute Gasteiger partial charge is 0.306 e. The molecule has 0 aromatic heterocycles. The molecule has 0 aromatic carbocycles. The van der Waals surface area contributed by atoms with Gasteiger partial charge in [-0.25, -0.2) is 0 Å². The second-order valence-electron chi connectivity index (χ2n) is 19.2. The van der Waals surface area contributed by atoms with E-state index in [-0.39, 0.29) is 37.5 Å². The van der Waals surface area contributed by atoms with Crippen LogP contribution in [0.25, 0.3) is 0 Å². The molecule has 0 spiro atoms. The number of rotatable bonds is 52. The Hall–Kier alpha value is -3.41. The SMILES string of the molecule is CCCCC/C=C\C=C/CCCCCCCCCCCCC(=O)OCC(COC(=O)CCCCCCCCC/C=C\CCCCCC)OC(=O)CCC/C=C\C/C=C\C/C=C\C/C=C\CCCCC. The minimum atomic E-state index is -0.809. The van der Waals surface area contributed by atoms with Crippen LogP contribution in [0.3, 0.4) is 0 Å². The molecule has 0 aliphatic rings. The molecule has 0 aromatic rings. The van der Waals surface area contributed by atoms with Crippen LogP contribution in [0.15, 0.2) is 85.1 Å². The molecule has 0 bridgehead atoms. The normalized spacial score (nSPS) is 12.7. The van der Waals surface area contributed by atoms with Gasteiger partial charge in [-0.1, -0.05) is 234 Å². The van der Waals surface area contributed by atoms with Gasteiger partial charge in [-0.2, -0.15) is 0 Å². The maximum atomic E-state index is 12.8. The number of carbonyl (C=O) groups excluding carboxylic acids is 3. The van der Waals surface area contributed by atoms with E-state index in [1.165, 1.54) is 167 Å². The largest absolute Gasteiger partial charge is 0.462 e. The standard InChI is InChI=1S/C63H108O6/c1-4-7-10-13-16-19-22-25-28-30-31-33-35-38-41-44-47-50-53-56-62(65)68-59-60(58-67-61(64)55-52-49-46-43-40-37-34-27-24-21-18-15-12-9-6-3)69-63(66)57-54-51-48-45-42-39-36-32-29-26-23-20-17-14-11-8-5-2/h16-17,19-22,24-26,29,36,39,45,48,60H,4-15,18,23,27-28,30-35,37-38,40-44,46-47,49-59H2,1-3H3/b19-16-,20-17-,24-21-,25-22-,29-26-,39-36-,48-45-. The summed E-state index contributed by atoms with van der Waals surface area (Å²) >= 11 is 0. The highest BCUT2D eigenvalue weighted by Gasteiger charge is 2.19. The Morgan fingerprint density at radius 2 is 0.580 bits per heavy atom. The second kappa shape index (κ2) is 57.2. The molecule has 69 heavy (non-hydrogen) atoms. The monoisotopic (exact) mass is 961 g/mol. The van der Waals surface area contributed by atoms with E-state index >= 15 is 0 Å². The molecule has 0 amide bonds. The van der Waals surface area contributed by atoms with Crippen molar-refractivity contribution in [3.05, 3.63) is 85.1 Å². The van der Waals surface area contributed by atoms with Crippen molar-refractivity contribution in [1.29, 1.82) is 0 Å². The molecule has 1 unspecified atom stereocenters. The lowest BCUT2D eigenvalue weighted by Gasteiger charge is -2.18. The fraction of sp³-hybridized carbons (Fsp3) is 0.730. The molecular weight excluding hydrogens is 853 g/mol. The Morgan fingerprint density at radius 1 is 0.304 bits per heavy atom. The molecule has 0 aliphatic heterocycles. The van der Waals surface area contributed by atoms with Crippen molar-refractivity contribution >= 4 is 17.9 Å². The molecule has 0 saturated heterocycles. The molecular formula is C63H108O6. The summed E-state index contributed by atoms with van der Waals surface area (Å²) < 4.78 is 16.8. The summed E-state index contributed by atoms with van der Waals surface area (Å²) in [6.45, 7) is 6.53. The summed E-state index contributed by atoms with van der Waals surface area (Å²) in [5.74, 6) is -0.959. The molecule has 1 atom stereocenters. The van der Waals surface area contributed by atoms with Gasteiger partial charge in [0.1, 0.15) is 13.2 Å². The molecule has 6 nitrogen and oxygen atoms in total. The number of allylic oxidation sites excluding steroid dienone is 14. The summed E-state index contributed by atoms with van der Waals surface area (Å²) in [5.41, 5.74) is 0. The zero-order chi connectivity index (χ0) is 50.0. The fourth-order valence-electron chi connectivity index (χ4n) is 7.95. The number of hydrogen-bond acceptors (Lipinski definition) is 6. The highest BCUT2D eigenvalue weighted by atomic mass is 16.6. The van der Waals surface area contributed by atoms with E-state index in [1.54, 1.807) is 0 Å². The van der Waals surface area contributed by atoms with Crippen LogP contribution in [0.5, 0.6) is 0 Å². The Labute approximate surface area is 426 Å². The van der Waals surface area contributed by atoms with Gasteiger partial charge in [0.25, 0.3) is 0 Å². The van der Waals surface area contributed by atoms with Gasteiger partial charge in [-0.15, -0.1) is 0 Å². The highest BCUT2D eigenvalue weighted by molar-refractivity contribution is 5.71. The van der Waals surface area contributed by atoms with Crippen molar-refractivity contribution in [2.24, 2.45) is 0 Å². The van der Waals surface area contributed by atoms with Gasteiger partial charge in [-0.05, 0) is 109 Å². The molecule has 0 rings (SSSR count). The first-order chi connectivity index (χ1) is 34.0. The van der Waals surface area contributed by atoms with Crippen molar-refractivity contribution in [3.8, 4) is 0 Å². The van der Waals surface area contributed by atoms with Crippen LogP contribution in [-0.4, -0.2) is 37.2 Å². The van der Waals surface area contributed by atoms with Crippen LogP contribution in [-0.2, 0) is 28.6 Å². The van der Waals surface area contributed by atoms with Crippen LogP contribution < -0.4 is 0 Å². The maximum Gasteiger partial charge on any atom is 0.306 e. The van der Waals surface area contributed by atoms with E-state index in [0.29, 0.717) is 19.3 Å². The quantitative estimate of drug-likeness (QED) is 0.0199. The van der Waals surface area contributed by atoms with Gasteiger partial charge in [0, 0.05) is 19.3 Å². The van der Waals surface area contributed by atoms with E-state index < -0.39 is 6.10 Å². The minimum absolute atomic E-state index is 0.101. The molecule has 6 heteroatoms. The minimum Gasteiger partial charge on any atom is -0.462 e. The summed E-state index contributed by atoms with van der Waals surface area (Å²) in [4.78, 5) is 38.2. The van der Waals surface area contributed by atoms with Crippen molar-refractivity contribution in [3.63, 3.8) is 0 Å². The summed E-state index contributed by atoms with van der Waals surface area (Å²) in [6, 6.07) is 0. The van der Waals surface area contributed by atoms with E-state index in [4.69, 9.17) is 14.2 Å². The van der Waals surface area contributed by atoms with E-state index in [9.17, 15) is 14.4 Å². The first-order valence-electron chi connectivity index (χ1n) is 29.1. The van der Waals surface area contributed by atoms with Crippen molar-refractivity contribution in [2.75, 3.05) is 13.2 Å². The first-order valence-corrected chi connectivity index (χ1v) is 29.1. The lowest BCUT2D eigenvalue weighted by molar-refractivity contribution is -0.167. The third-order valence-electron chi connectivity index (χ3n) is 12.4. The van der Waals surface area contributed by atoms with Gasteiger partial charge in [0.2, 0.25) is 0 Å². The van der Waals surface area contributed by atoms with Gasteiger partial charge >= 0.3 is 17.9 Å². The number of ether oxygens (including phenoxy) is 3. The summed E-state index contributed by atoms with van der Waals surface area (Å²) in [5, 5.41) is 0. The number of unbranched alkanes of at least 4 members (excludes halogenated alkanes) is 28. The maximum absolute atomic E-state index is 12.8. The van der Waals surface area contributed by atoms with Gasteiger partial charge < -0.3 is 14.2 Å². The fourth-order valence-corrected chi connectivity index (χ4v) is 7.95. The lowest BCUT2D eigenvalue weighted by Crippen LogP contribution is -2.30. The van der Waals surface area contributed by atoms with Crippen LogP contribution in [0.1, 0.15) is 278 Å². The average molecular weight is 962 g/mol. The summed E-state index contributed by atoms with van der Waals surface area (Å²) in [6.07, 6.45) is 74.3. The van der Waals surface area contributed by atoms with Crippen LogP contribution in [0, 0.1) is 0 Å². The van der Waals surface area contributed by atoms with Crippen LogP contribution in [0.2, 0.25) is 0 Å². The first kappa shape index (κ1) is 65.6. The molecule has 0 aliphatic carbocycles. The van der Waals surface area contributed by atoms with E-state index in [1.807, 2.05) is 0 Å². The van der Waals surface area contributed by atoms with Crippen molar-refractivity contribution in [2.45, 2.75) is 284 Å². The Kier molecular flexibility index (Phi) is 54.3. The van der Waals surface area contributed by atoms with Gasteiger partial charge in [0.05, 0.1) is 0 Å². The summed E-state index contributed by atoms with van der Waals surface area (Å²) in [7, 11) is 0. The van der Waals surface area contributed by atoms with E-state index in [2.05, 4.69) is 106 Å². The Bertz CT molecular complexity index is 1330. The second-order valence-corrected chi connectivity index (χ2v) is 19.2. The lowest BCUT2D eigenvalue weighted by atomic mass is 10.1. The Balaban J connectivity index is 4.46. The molecule has 0 fully saturated rings. The Morgan fingerprint density at radius 3 is 0.986 bits per heavy atom. The topological polar surface area (TPSA) is 78.9 Å². The van der Waals surface area contributed by atoms with Gasteiger partial charge in [0.15, 0.2) is 6.10 Å². The zero-order valence-electron chi connectivity index (χ0n) is 45.3. The molecule has 0 heterocycles. The highest BCUT2D eigenvalue weighted by Crippen LogP contribution is 2.15. The van der Waals surface area contributed by atoms with Crippen molar-refractivity contribution in [1.82, 2.24) is 0 Å². The molecule has 0 radical (unpaired) electrons. The molecule has 0 saturated carbocycles. The number of carbonyl (C=O) groups is 3. The van der Waals surface area contributed by atoms with Gasteiger partial charge in [-0.3, -0.25) is 14.4 Å². The molecule has 396 valence electrons. The number of hydrogen-bond donors (Lipinski definition) is 0. The third kappa shape index (κ3) is 55.4.